The Morgan fingerprint density at radius 3 is 2.36 bits per heavy atom. The van der Waals surface area contributed by atoms with E-state index in [4.69, 9.17) is 14.7 Å². The molecule has 2 aliphatic carbocycles. The Morgan fingerprint density at radius 1 is 1.00 bits per heavy atom. The zero-order valence-corrected chi connectivity index (χ0v) is 20.2. The van der Waals surface area contributed by atoms with Crippen LogP contribution in [0.15, 0.2) is 18.2 Å². The van der Waals surface area contributed by atoms with Gasteiger partial charge in [0.2, 0.25) is 0 Å². The summed E-state index contributed by atoms with van der Waals surface area (Å²) >= 11 is 0. The van der Waals surface area contributed by atoms with Gasteiger partial charge in [0.05, 0.1) is 17.6 Å². The third kappa shape index (κ3) is 8.41. The molecular formula is C28H40FNO3. The van der Waals surface area contributed by atoms with Crippen LogP contribution in [-0.4, -0.2) is 18.7 Å². The molecule has 5 heteroatoms. The molecule has 1 aromatic carbocycles. The van der Waals surface area contributed by atoms with Gasteiger partial charge in [-0.25, -0.2) is 4.39 Å². The molecule has 33 heavy (non-hydrogen) atoms. The molecule has 2 saturated carbocycles. The highest BCUT2D eigenvalue weighted by Crippen LogP contribution is 2.34. The van der Waals surface area contributed by atoms with Gasteiger partial charge in [-0.15, -0.1) is 0 Å². The smallest absolute Gasteiger partial charge is 0.314 e. The lowest BCUT2D eigenvalue weighted by Gasteiger charge is -2.31. The molecule has 0 amide bonds. The maximum atomic E-state index is 13.7. The number of nitriles is 1. The van der Waals surface area contributed by atoms with Gasteiger partial charge < -0.3 is 9.47 Å². The van der Waals surface area contributed by atoms with Gasteiger partial charge in [0.1, 0.15) is 17.6 Å². The van der Waals surface area contributed by atoms with Gasteiger partial charge in [-0.1, -0.05) is 58.3 Å². The Hall–Kier alpha value is -1.93. The van der Waals surface area contributed by atoms with Crippen LogP contribution >= 0.6 is 0 Å². The van der Waals surface area contributed by atoms with Crippen molar-refractivity contribution in [3.8, 4) is 11.8 Å². The summed E-state index contributed by atoms with van der Waals surface area (Å²) in [5.41, 5.74) is -0.0525. The van der Waals surface area contributed by atoms with Gasteiger partial charge in [-0.05, 0) is 62.5 Å². The number of esters is 1. The molecular weight excluding hydrogens is 417 g/mol. The molecule has 2 aliphatic rings. The van der Waals surface area contributed by atoms with Crippen LogP contribution in [0.1, 0.15) is 102 Å². The molecule has 4 nitrogen and oxygen atoms in total. The molecule has 0 atom stereocenters. The van der Waals surface area contributed by atoms with Crippen molar-refractivity contribution >= 4 is 5.97 Å². The molecule has 0 aromatic heterocycles. The fraction of sp³-hybridized carbons (Fsp3) is 0.714. The minimum Gasteiger partial charge on any atom is -0.426 e. The van der Waals surface area contributed by atoms with Crippen LogP contribution in [0.2, 0.25) is 0 Å². The molecule has 0 N–H and O–H groups in total. The van der Waals surface area contributed by atoms with E-state index in [1.807, 2.05) is 0 Å². The average Bonchev–Trinajstić information content (AvgIpc) is 2.84. The zero-order chi connectivity index (χ0) is 23.5. The van der Waals surface area contributed by atoms with Crippen molar-refractivity contribution in [2.45, 2.75) is 103 Å². The van der Waals surface area contributed by atoms with Crippen molar-refractivity contribution in [1.29, 1.82) is 5.26 Å². The number of ether oxygens (including phenoxy) is 2. The predicted octanol–water partition coefficient (Wildman–Crippen LogP) is 7.35. The van der Waals surface area contributed by atoms with E-state index in [9.17, 15) is 9.18 Å². The first kappa shape index (κ1) is 25.7. The topological polar surface area (TPSA) is 59.3 Å². The Balaban J connectivity index is 1.28. The summed E-state index contributed by atoms with van der Waals surface area (Å²) in [5.74, 6) is 0.624. The Bertz CT molecular complexity index is 774. The molecule has 0 unspecified atom stereocenters. The maximum absolute atomic E-state index is 13.7. The van der Waals surface area contributed by atoms with Crippen LogP contribution in [0.4, 0.5) is 4.39 Å². The van der Waals surface area contributed by atoms with Gasteiger partial charge in [-0.2, -0.15) is 5.26 Å². The highest BCUT2D eigenvalue weighted by atomic mass is 19.1. The third-order valence-electron chi connectivity index (χ3n) is 7.54. The second-order valence-corrected chi connectivity index (χ2v) is 10.1. The van der Waals surface area contributed by atoms with E-state index in [0.717, 1.165) is 44.3 Å². The Labute approximate surface area is 198 Å². The Morgan fingerprint density at radius 2 is 1.70 bits per heavy atom. The van der Waals surface area contributed by atoms with Gasteiger partial charge in [0, 0.05) is 12.7 Å². The second kappa shape index (κ2) is 13.7. The Kier molecular flexibility index (Phi) is 10.7. The van der Waals surface area contributed by atoms with Crippen molar-refractivity contribution in [2.75, 3.05) is 6.61 Å². The van der Waals surface area contributed by atoms with Gasteiger partial charge in [-0.3, -0.25) is 4.79 Å². The molecule has 0 bridgehead atoms. The normalized spacial score (nSPS) is 25.4. The molecule has 1 aromatic rings. The summed E-state index contributed by atoms with van der Waals surface area (Å²) in [6.45, 7) is 3.12. The van der Waals surface area contributed by atoms with Crippen LogP contribution in [0, 0.1) is 34.9 Å². The fourth-order valence-corrected chi connectivity index (χ4v) is 5.31. The van der Waals surface area contributed by atoms with Crippen LogP contribution < -0.4 is 4.74 Å². The highest BCUT2D eigenvalue weighted by molar-refractivity contribution is 5.75. The predicted molar refractivity (Wildman–Crippen MR) is 127 cm³/mol. The van der Waals surface area contributed by atoms with Crippen molar-refractivity contribution in [3.05, 3.63) is 29.6 Å². The van der Waals surface area contributed by atoms with Crippen molar-refractivity contribution < 1.29 is 18.7 Å². The van der Waals surface area contributed by atoms with Crippen LogP contribution in [-0.2, 0) is 9.53 Å². The van der Waals surface area contributed by atoms with Crippen molar-refractivity contribution in [1.82, 2.24) is 0 Å². The first-order valence-electron chi connectivity index (χ1n) is 13.1. The minimum atomic E-state index is -0.666. The number of hydrogen-bond acceptors (Lipinski definition) is 4. The summed E-state index contributed by atoms with van der Waals surface area (Å²) < 4.78 is 25.3. The SMILES string of the molecule is CCCCCCCC1CCC(COC2CCC(C(=O)Oc3ccc(C#N)c(F)c3)CC2)CC1. The quantitative estimate of drug-likeness (QED) is 0.198. The summed E-state index contributed by atoms with van der Waals surface area (Å²) in [6.07, 6.45) is 17.1. The lowest BCUT2D eigenvalue weighted by molar-refractivity contribution is -0.141. The maximum Gasteiger partial charge on any atom is 0.314 e. The van der Waals surface area contributed by atoms with E-state index < -0.39 is 5.82 Å². The van der Waals surface area contributed by atoms with E-state index in [2.05, 4.69) is 6.92 Å². The van der Waals surface area contributed by atoms with Gasteiger partial charge >= 0.3 is 5.97 Å². The summed E-state index contributed by atoms with van der Waals surface area (Å²) in [6, 6.07) is 5.67. The second-order valence-electron chi connectivity index (χ2n) is 10.1. The number of unbranched alkanes of at least 4 members (excludes halogenated alkanes) is 4. The number of hydrogen-bond donors (Lipinski definition) is 0. The number of carbonyl (C=O) groups is 1. The number of nitrogens with zero attached hydrogens (tertiary/aromatic N) is 1. The van der Waals surface area contributed by atoms with Crippen LogP contribution in [0.3, 0.4) is 0 Å². The first-order valence-corrected chi connectivity index (χ1v) is 13.1. The van der Waals surface area contributed by atoms with E-state index in [1.165, 1.54) is 76.3 Å². The van der Waals surface area contributed by atoms with Crippen LogP contribution in [0.25, 0.3) is 0 Å². The number of halogens is 1. The largest absolute Gasteiger partial charge is 0.426 e. The lowest BCUT2D eigenvalue weighted by atomic mass is 9.80. The van der Waals surface area contributed by atoms with E-state index in [-0.39, 0.29) is 29.3 Å². The molecule has 0 radical (unpaired) electrons. The highest BCUT2D eigenvalue weighted by Gasteiger charge is 2.29. The third-order valence-corrected chi connectivity index (χ3v) is 7.54. The fourth-order valence-electron chi connectivity index (χ4n) is 5.31. The average molecular weight is 458 g/mol. The standard InChI is InChI=1S/C28H40FNO3/c1-2-3-4-5-6-7-21-8-10-22(11-9-21)20-32-25-15-12-23(13-16-25)28(31)33-26-17-14-24(19-30)27(29)18-26/h14,17-18,21-23,25H,2-13,15-16,20H2,1H3. The van der Waals surface area contributed by atoms with Crippen molar-refractivity contribution in [2.24, 2.45) is 17.8 Å². The van der Waals surface area contributed by atoms with Gasteiger partial charge in [0.25, 0.3) is 0 Å². The lowest BCUT2D eigenvalue weighted by Crippen LogP contribution is -2.30. The molecule has 2 fully saturated rings. The molecule has 0 heterocycles. The molecule has 0 aliphatic heterocycles. The minimum absolute atomic E-state index is 0.0525. The van der Waals surface area contributed by atoms with Gasteiger partial charge in [0.15, 0.2) is 0 Å². The van der Waals surface area contributed by atoms with Crippen molar-refractivity contribution in [3.63, 3.8) is 0 Å². The summed E-state index contributed by atoms with van der Waals surface area (Å²) in [5, 5.41) is 8.80. The van der Waals surface area contributed by atoms with Crippen LogP contribution in [0.5, 0.6) is 5.75 Å². The summed E-state index contributed by atoms with van der Waals surface area (Å²) in [7, 11) is 0. The number of benzene rings is 1. The van der Waals surface area contributed by atoms with E-state index in [1.54, 1.807) is 6.07 Å². The molecule has 3 rings (SSSR count). The number of carbonyl (C=O) groups excluding carboxylic acids is 1. The molecule has 0 spiro atoms. The number of rotatable bonds is 11. The zero-order valence-electron chi connectivity index (χ0n) is 20.2. The molecule has 0 saturated heterocycles. The molecule has 182 valence electrons. The monoisotopic (exact) mass is 457 g/mol. The summed E-state index contributed by atoms with van der Waals surface area (Å²) in [4.78, 5) is 12.5. The first-order chi connectivity index (χ1) is 16.1. The van der Waals surface area contributed by atoms with E-state index >= 15 is 0 Å². The van der Waals surface area contributed by atoms with E-state index in [0.29, 0.717) is 5.92 Å².